The Bertz CT molecular complexity index is 592. The average molecular weight is 254 g/mol. The molecule has 0 N–H and O–H groups in total. The lowest BCUT2D eigenvalue weighted by Gasteiger charge is -2.14. The van der Waals surface area contributed by atoms with Crippen LogP contribution in [-0.4, -0.2) is 15.8 Å². The van der Waals surface area contributed by atoms with Crippen molar-refractivity contribution in [3.05, 3.63) is 58.2 Å². The van der Waals surface area contributed by atoms with Crippen molar-refractivity contribution >= 4 is 5.78 Å². The molecule has 2 rings (SSSR count). The van der Waals surface area contributed by atoms with E-state index in [-0.39, 0.29) is 5.78 Å². The third kappa shape index (κ3) is 2.70. The van der Waals surface area contributed by atoms with E-state index in [9.17, 15) is 4.79 Å². The lowest BCUT2D eigenvalue weighted by molar-refractivity contribution is 0.0990. The topological polar surface area (TPSA) is 42.9 Å². The first kappa shape index (κ1) is 13.4. The molecule has 1 aromatic carbocycles. The van der Waals surface area contributed by atoms with Gasteiger partial charge in [-0.25, -0.2) is 9.97 Å². The van der Waals surface area contributed by atoms with E-state index in [4.69, 9.17) is 0 Å². The van der Waals surface area contributed by atoms with Gasteiger partial charge in [0.1, 0.15) is 6.33 Å². The monoisotopic (exact) mass is 254 g/mol. The summed E-state index contributed by atoms with van der Waals surface area (Å²) < 4.78 is 0. The van der Waals surface area contributed by atoms with Gasteiger partial charge in [0.15, 0.2) is 5.78 Å². The number of aromatic nitrogens is 2. The van der Waals surface area contributed by atoms with Crippen LogP contribution in [0.2, 0.25) is 0 Å². The van der Waals surface area contributed by atoms with E-state index in [1.54, 1.807) is 12.3 Å². The van der Waals surface area contributed by atoms with E-state index < -0.39 is 0 Å². The lowest BCUT2D eigenvalue weighted by Crippen LogP contribution is -2.11. The Morgan fingerprint density at radius 3 is 2.26 bits per heavy atom. The summed E-state index contributed by atoms with van der Waals surface area (Å²) in [6.07, 6.45) is 3.47. The van der Waals surface area contributed by atoms with Crippen LogP contribution < -0.4 is 0 Å². The van der Waals surface area contributed by atoms with Gasteiger partial charge in [0.2, 0.25) is 0 Å². The number of carbonyl (C=O) groups excluding carboxylic acids is 1. The van der Waals surface area contributed by atoms with Gasteiger partial charge in [-0.2, -0.15) is 0 Å². The molecule has 3 heteroatoms. The van der Waals surface area contributed by atoms with Crippen LogP contribution in [0.3, 0.4) is 0 Å². The highest BCUT2D eigenvalue weighted by Gasteiger charge is 2.16. The number of hydrogen-bond acceptors (Lipinski definition) is 3. The standard InChI is InChI=1S/C16H18N2O/c1-10-7-11(2)13(4)16(12(10)3)15(19)8-14-5-6-17-9-18-14/h5-7,9H,8H2,1-4H3. The maximum atomic E-state index is 12.5. The maximum absolute atomic E-state index is 12.5. The van der Waals surface area contributed by atoms with E-state index >= 15 is 0 Å². The highest BCUT2D eigenvalue weighted by atomic mass is 16.1. The van der Waals surface area contributed by atoms with Gasteiger partial charge < -0.3 is 0 Å². The molecule has 0 saturated carbocycles. The molecule has 0 fully saturated rings. The van der Waals surface area contributed by atoms with Crippen molar-refractivity contribution in [1.82, 2.24) is 9.97 Å². The van der Waals surface area contributed by atoms with Crippen molar-refractivity contribution in [3.63, 3.8) is 0 Å². The number of aryl methyl sites for hydroxylation is 2. The molecule has 0 aliphatic carbocycles. The largest absolute Gasteiger partial charge is 0.294 e. The van der Waals surface area contributed by atoms with Crippen molar-refractivity contribution in [3.8, 4) is 0 Å². The summed E-state index contributed by atoms with van der Waals surface area (Å²) in [5.74, 6) is 0.125. The highest BCUT2D eigenvalue weighted by molar-refractivity contribution is 6.00. The smallest absolute Gasteiger partial charge is 0.169 e. The normalized spacial score (nSPS) is 10.5. The summed E-state index contributed by atoms with van der Waals surface area (Å²) in [7, 11) is 0. The highest BCUT2D eigenvalue weighted by Crippen LogP contribution is 2.23. The van der Waals surface area contributed by atoms with Crippen LogP contribution in [0.4, 0.5) is 0 Å². The summed E-state index contributed by atoms with van der Waals surface area (Å²) in [6, 6.07) is 3.91. The van der Waals surface area contributed by atoms with Crippen molar-refractivity contribution in [1.29, 1.82) is 0 Å². The van der Waals surface area contributed by atoms with Gasteiger partial charge >= 0.3 is 0 Å². The van der Waals surface area contributed by atoms with Crippen LogP contribution >= 0.6 is 0 Å². The Labute approximate surface area is 113 Å². The second-order valence-corrected chi connectivity index (χ2v) is 4.94. The van der Waals surface area contributed by atoms with E-state index in [0.29, 0.717) is 6.42 Å². The minimum absolute atomic E-state index is 0.125. The summed E-state index contributed by atoms with van der Waals surface area (Å²) >= 11 is 0. The fourth-order valence-corrected chi connectivity index (χ4v) is 2.31. The van der Waals surface area contributed by atoms with Gasteiger partial charge in [0.25, 0.3) is 0 Å². The molecule has 2 aromatic rings. The third-order valence-corrected chi connectivity index (χ3v) is 3.63. The molecule has 98 valence electrons. The van der Waals surface area contributed by atoms with Crippen molar-refractivity contribution in [2.45, 2.75) is 34.1 Å². The number of nitrogens with zero attached hydrogens (tertiary/aromatic N) is 2. The first-order valence-corrected chi connectivity index (χ1v) is 6.36. The van der Waals surface area contributed by atoms with Crippen LogP contribution in [-0.2, 0) is 6.42 Å². The van der Waals surface area contributed by atoms with Crippen LogP contribution in [0.25, 0.3) is 0 Å². The number of Topliss-reactive ketones (excluding diaryl/α,β-unsaturated/α-hetero) is 1. The molecule has 3 nitrogen and oxygen atoms in total. The zero-order valence-electron chi connectivity index (χ0n) is 11.8. The first-order valence-electron chi connectivity index (χ1n) is 6.36. The Morgan fingerprint density at radius 2 is 1.74 bits per heavy atom. The van der Waals surface area contributed by atoms with Crippen LogP contribution in [0.5, 0.6) is 0 Å². The van der Waals surface area contributed by atoms with E-state index in [1.807, 2.05) is 27.7 Å². The fourth-order valence-electron chi connectivity index (χ4n) is 2.31. The van der Waals surface area contributed by atoms with Gasteiger partial charge in [0.05, 0.1) is 12.1 Å². The Kier molecular flexibility index (Phi) is 3.74. The second-order valence-electron chi connectivity index (χ2n) is 4.94. The molecule has 1 aromatic heterocycles. The Hall–Kier alpha value is -2.03. The van der Waals surface area contributed by atoms with Gasteiger partial charge in [-0.15, -0.1) is 0 Å². The second kappa shape index (κ2) is 5.31. The van der Waals surface area contributed by atoms with Gasteiger partial charge in [-0.3, -0.25) is 4.79 Å². The van der Waals surface area contributed by atoms with E-state index in [2.05, 4.69) is 16.0 Å². The van der Waals surface area contributed by atoms with E-state index in [1.165, 1.54) is 6.33 Å². The number of carbonyl (C=O) groups is 1. The minimum Gasteiger partial charge on any atom is -0.294 e. The van der Waals surface area contributed by atoms with Crippen molar-refractivity contribution in [2.75, 3.05) is 0 Å². The summed E-state index contributed by atoms with van der Waals surface area (Å²) in [5, 5.41) is 0. The van der Waals surface area contributed by atoms with Crippen LogP contribution in [0.15, 0.2) is 24.7 Å². The molecule has 0 amide bonds. The molecule has 1 heterocycles. The van der Waals surface area contributed by atoms with Gasteiger partial charge in [-0.05, 0) is 56.0 Å². The number of benzene rings is 1. The molecule has 19 heavy (non-hydrogen) atoms. The molecule has 0 bridgehead atoms. The fraction of sp³-hybridized carbons (Fsp3) is 0.312. The van der Waals surface area contributed by atoms with Crippen LogP contribution in [0, 0.1) is 27.7 Å². The van der Waals surface area contributed by atoms with Crippen molar-refractivity contribution in [2.24, 2.45) is 0 Å². The summed E-state index contributed by atoms with van der Waals surface area (Å²) in [6.45, 7) is 8.11. The minimum atomic E-state index is 0.125. The zero-order chi connectivity index (χ0) is 14.0. The van der Waals surface area contributed by atoms with Crippen LogP contribution in [0.1, 0.15) is 38.3 Å². The quantitative estimate of drug-likeness (QED) is 0.790. The predicted molar refractivity (Wildman–Crippen MR) is 75.5 cm³/mol. The molecular formula is C16H18N2O. The van der Waals surface area contributed by atoms with Gasteiger partial charge in [0, 0.05) is 11.8 Å². The molecule has 0 radical (unpaired) electrons. The molecule has 0 aliphatic heterocycles. The number of ketones is 1. The molecule has 0 saturated heterocycles. The Morgan fingerprint density at radius 1 is 1.11 bits per heavy atom. The third-order valence-electron chi connectivity index (χ3n) is 3.63. The SMILES string of the molecule is Cc1cc(C)c(C)c(C(=O)Cc2ccncn2)c1C. The summed E-state index contributed by atoms with van der Waals surface area (Å²) in [5.41, 5.74) is 6.07. The first-order chi connectivity index (χ1) is 9.00. The average Bonchev–Trinajstić information content (AvgIpc) is 2.38. The molecule has 0 atom stereocenters. The molecular weight excluding hydrogens is 236 g/mol. The van der Waals surface area contributed by atoms with Gasteiger partial charge in [-0.1, -0.05) is 6.07 Å². The predicted octanol–water partition coefficient (Wildman–Crippen LogP) is 3.14. The number of rotatable bonds is 3. The Balaban J connectivity index is 2.40. The molecule has 0 spiro atoms. The zero-order valence-corrected chi connectivity index (χ0v) is 11.8. The summed E-state index contributed by atoms with van der Waals surface area (Å²) in [4.78, 5) is 20.5. The molecule has 0 unspecified atom stereocenters. The molecule has 0 aliphatic rings. The van der Waals surface area contributed by atoms with E-state index in [0.717, 1.165) is 33.5 Å². The van der Waals surface area contributed by atoms with Crippen molar-refractivity contribution < 1.29 is 4.79 Å². The lowest BCUT2D eigenvalue weighted by atomic mass is 9.90. The maximum Gasteiger partial charge on any atom is 0.169 e. The number of hydrogen-bond donors (Lipinski definition) is 0.